The molecule has 0 saturated carbocycles. The summed E-state index contributed by atoms with van der Waals surface area (Å²) in [6, 6.07) is 18.8. The van der Waals surface area contributed by atoms with Gasteiger partial charge in [-0.3, -0.25) is 0 Å². The van der Waals surface area contributed by atoms with Crippen molar-refractivity contribution in [1.29, 1.82) is 0 Å². The van der Waals surface area contributed by atoms with Crippen LogP contribution in [0.3, 0.4) is 0 Å². The molecule has 218 valence electrons. The van der Waals surface area contributed by atoms with Crippen molar-refractivity contribution < 1.29 is 37.6 Å². The second-order valence-electron chi connectivity index (χ2n) is 7.98. The van der Waals surface area contributed by atoms with Gasteiger partial charge < -0.3 is 0 Å². The number of carbonyl (C=O) groups is 3. The second-order valence-corrected chi connectivity index (χ2v) is 10.8. The molecule has 0 unspecified atom stereocenters. The van der Waals surface area contributed by atoms with Gasteiger partial charge in [-0.1, -0.05) is 0 Å². The zero-order valence-electron chi connectivity index (χ0n) is 22.9. The van der Waals surface area contributed by atoms with Crippen molar-refractivity contribution in [2.24, 2.45) is 0 Å². The van der Waals surface area contributed by atoms with E-state index < -0.39 is 39.4 Å². The van der Waals surface area contributed by atoms with Crippen LogP contribution in [-0.4, -0.2) is 39.4 Å². The zero-order valence-corrected chi connectivity index (χ0v) is 25.4. The van der Waals surface area contributed by atoms with Crippen LogP contribution < -0.4 is 9.05 Å². The first-order valence-electron chi connectivity index (χ1n) is 12.5. The first-order chi connectivity index (χ1) is 20.9. The predicted molar refractivity (Wildman–Crippen MR) is 161 cm³/mol. The Morgan fingerprint density at radius 3 is 0.953 bits per heavy atom. The van der Waals surface area contributed by atoms with Crippen LogP contribution >= 0.6 is 0 Å². The Labute approximate surface area is 257 Å². The summed E-state index contributed by atoms with van der Waals surface area (Å²) in [5, 5.41) is 0. The summed E-state index contributed by atoms with van der Waals surface area (Å²) in [5.41, 5.74) is 0.923. The molecule has 0 radical (unpaired) electrons. The van der Waals surface area contributed by atoms with E-state index in [9.17, 15) is 14.4 Å². The number of hydrogen-bond acceptors (Lipinski definition) is 9. The maximum atomic E-state index is 12.2. The van der Waals surface area contributed by atoms with Gasteiger partial charge in [0.15, 0.2) is 0 Å². The van der Waals surface area contributed by atoms with Crippen LogP contribution in [-0.2, 0) is 14.2 Å². The molecule has 0 aliphatic rings. The molecule has 0 heterocycles. The number of ether oxygens (including phenoxy) is 3. The quantitative estimate of drug-likeness (QED) is 0.0562. The molecular weight excluding hydrogens is 662 g/mol. The number of carbonyl (C=O) groups excluding carboxylic acids is 3. The van der Waals surface area contributed by atoms with Gasteiger partial charge in [0.25, 0.3) is 0 Å². The summed E-state index contributed by atoms with van der Waals surface area (Å²) in [6.45, 7) is 10.5. The van der Waals surface area contributed by atoms with Gasteiger partial charge in [-0.2, -0.15) is 0 Å². The Hall–Kier alpha value is -5.27. The molecule has 3 aromatic carbocycles. The number of hydrogen-bond donors (Lipinski definition) is 0. The summed E-state index contributed by atoms with van der Waals surface area (Å²) in [4.78, 5) is 36.5. The number of esters is 3. The number of allylic oxidation sites excluding steroid dienone is 6. The van der Waals surface area contributed by atoms with E-state index in [4.69, 9.17) is 23.3 Å². The van der Waals surface area contributed by atoms with E-state index in [1.165, 1.54) is 55.2 Å². The summed E-state index contributed by atoms with van der Waals surface area (Å²) < 4.78 is 33.3. The first-order valence-corrected chi connectivity index (χ1v) is 15.7. The average molecular weight is 689 g/mol. The van der Waals surface area contributed by atoms with E-state index in [2.05, 4.69) is 19.7 Å². The van der Waals surface area contributed by atoms with Crippen molar-refractivity contribution in [3.05, 3.63) is 164 Å². The molecule has 0 amide bonds. The Morgan fingerprint density at radius 2 is 0.721 bits per heavy atom. The Morgan fingerprint density at radius 1 is 0.465 bits per heavy atom. The van der Waals surface area contributed by atoms with Crippen molar-refractivity contribution >= 4 is 39.4 Å². The molecule has 3 aromatic rings. The summed E-state index contributed by atoms with van der Waals surface area (Å²) in [5.74, 6) is -0.468. The minimum atomic E-state index is -3.56. The van der Waals surface area contributed by atoms with Crippen LogP contribution in [0.15, 0.2) is 148 Å². The SMILES string of the molecule is C=CC=COC(=O)c1ccc([O][Sb]([O]c2ccc(C(=O)OC=CC=C)cc2)[O]c2ccc(C(=O)OC=CC=C)cc2)cc1. The molecule has 0 saturated heterocycles. The fraction of sp³-hybridized carbons (Fsp3) is 0. The molecule has 0 aliphatic carbocycles. The minimum absolute atomic E-state index is 0.308. The van der Waals surface area contributed by atoms with Crippen LogP contribution in [0.1, 0.15) is 31.1 Å². The van der Waals surface area contributed by atoms with E-state index in [0.717, 1.165) is 0 Å². The third kappa shape index (κ3) is 10.9. The molecular formula is C33H27O9Sb. The van der Waals surface area contributed by atoms with Gasteiger partial charge in [-0.25, -0.2) is 0 Å². The molecule has 3 rings (SSSR count). The molecule has 0 aliphatic heterocycles. The van der Waals surface area contributed by atoms with Crippen molar-refractivity contribution in [3.63, 3.8) is 0 Å². The summed E-state index contributed by atoms with van der Waals surface area (Å²) >= 11 is -3.56. The van der Waals surface area contributed by atoms with Gasteiger partial charge in [0.1, 0.15) is 0 Å². The maximum absolute atomic E-state index is 12.2. The van der Waals surface area contributed by atoms with Crippen molar-refractivity contribution in [1.82, 2.24) is 0 Å². The van der Waals surface area contributed by atoms with Crippen LogP contribution in [0.2, 0.25) is 0 Å². The van der Waals surface area contributed by atoms with Gasteiger partial charge >= 0.3 is 259 Å². The first kappa shape index (κ1) is 32.2. The van der Waals surface area contributed by atoms with Gasteiger partial charge in [-0.05, 0) is 0 Å². The van der Waals surface area contributed by atoms with Crippen LogP contribution in [0.5, 0.6) is 17.2 Å². The van der Waals surface area contributed by atoms with Crippen molar-refractivity contribution in [2.45, 2.75) is 0 Å². The standard InChI is InChI=1S/3C11H10O3.Sb/c3*1-2-3-8-14-11(13)9-4-6-10(12)7-5-9;/h3*2-8,12H,1H2;/q;;;+3/p-3. The molecule has 0 fully saturated rings. The molecule has 43 heavy (non-hydrogen) atoms. The van der Waals surface area contributed by atoms with Crippen molar-refractivity contribution in [3.8, 4) is 17.2 Å². The summed E-state index contributed by atoms with van der Waals surface area (Å²) in [6.07, 6.45) is 12.6. The van der Waals surface area contributed by atoms with Gasteiger partial charge in [0, 0.05) is 0 Å². The third-order valence-electron chi connectivity index (χ3n) is 4.98. The van der Waals surface area contributed by atoms with Crippen LogP contribution in [0, 0.1) is 0 Å². The molecule has 10 heteroatoms. The molecule has 0 spiro atoms. The fourth-order valence-corrected chi connectivity index (χ4v) is 5.78. The molecule has 9 nitrogen and oxygen atoms in total. The molecule has 0 atom stereocenters. The van der Waals surface area contributed by atoms with E-state index in [-0.39, 0.29) is 0 Å². The average Bonchev–Trinajstić information content (AvgIpc) is 3.02. The number of benzene rings is 3. The van der Waals surface area contributed by atoms with E-state index in [1.54, 1.807) is 72.8 Å². The Balaban J connectivity index is 1.76. The zero-order chi connectivity index (χ0) is 30.9. The Kier molecular flexibility index (Phi) is 13.1. The predicted octanol–water partition coefficient (Wildman–Crippen LogP) is 6.78. The van der Waals surface area contributed by atoms with Crippen molar-refractivity contribution in [2.75, 3.05) is 0 Å². The number of rotatable bonds is 15. The van der Waals surface area contributed by atoms with E-state index in [0.29, 0.717) is 33.9 Å². The normalized spacial score (nSPS) is 10.8. The molecule has 0 aromatic heterocycles. The van der Waals surface area contributed by atoms with Gasteiger partial charge in [0.2, 0.25) is 0 Å². The fourth-order valence-electron chi connectivity index (χ4n) is 2.94. The topological polar surface area (TPSA) is 107 Å². The van der Waals surface area contributed by atoms with E-state index >= 15 is 0 Å². The molecule has 0 N–H and O–H groups in total. The summed E-state index contributed by atoms with van der Waals surface area (Å²) in [7, 11) is 0. The van der Waals surface area contributed by atoms with Gasteiger partial charge in [-0.15, -0.1) is 0 Å². The van der Waals surface area contributed by atoms with Crippen LogP contribution in [0.25, 0.3) is 0 Å². The van der Waals surface area contributed by atoms with Gasteiger partial charge in [0.05, 0.1) is 0 Å². The second kappa shape index (κ2) is 17.5. The van der Waals surface area contributed by atoms with E-state index in [1.807, 2.05) is 0 Å². The third-order valence-corrected chi connectivity index (χ3v) is 8.06. The monoisotopic (exact) mass is 688 g/mol. The Bertz CT molecular complexity index is 1320. The molecule has 0 bridgehead atoms. The van der Waals surface area contributed by atoms with Crippen LogP contribution in [0.4, 0.5) is 0 Å².